The van der Waals surface area contributed by atoms with E-state index in [1.165, 1.54) is 24.2 Å². The van der Waals surface area contributed by atoms with E-state index in [1.54, 1.807) is 31.8 Å². The van der Waals surface area contributed by atoms with Crippen LogP contribution in [0.4, 0.5) is 10.5 Å². The fourth-order valence-corrected chi connectivity index (χ4v) is 6.11. The van der Waals surface area contributed by atoms with Crippen LogP contribution in [0.5, 0.6) is 0 Å². The normalized spacial score (nSPS) is 13.5. The van der Waals surface area contributed by atoms with Gasteiger partial charge in [-0.25, -0.2) is 14.8 Å². The second-order valence-electron chi connectivity index (χ2n) is 11.9. The summed E-state index contributed by atoms with van der Waals surface area (Å²) in [6.07, 6.45) is -1.03. The Kier molecular flexibility index (Phi) is 7.98. The number of hydrogen-bond acceptors (Lipinski definition) is 6. The second kappa shape index (κ2) is 11.5. The molecule has 1 aliphatic carbocycles. The Morgan fingerprint density at radius 3 is 2.19 bits per heavy atom. The molecule has 1 aliphatic rings. The molecular weight excluding hydrogens is 548 g/mol. The Labute approximate surface area is 250 Å². The van der Waals surface area contributed by atoms with E-state index in [-0.39, 0.29) is 43.1 Å². The van der Waals surface area contributed by atoms with Crippen LogP contribution in [-0.4, -0.2) is 55.4 Å². The SMILES string of the molecule is CC(C1c2ccccc2-c2ccccc21)N(Cc1cc2cc([N+](=O)[O-])ccc2n1CCC(=O)OC(C)(C)C)N(C)C(=O)O. The maximum Gasteiger partial charge on any atom is 0.421 e. The van der Waals surface area contributed by atoms with Gasteiger partial charge in [0, 0.05) is 54.3 Å². The van der Waals surface area contributed by atoms with Gasteiger partial charge in [0.15, 0.2) is 0 Å². The number of carbonyl (C=O) groups is 2. The number of benzene rings is 3. The number of fused-ring (bicyclic) bond motifs is 4. The van der Waals surface area contributed by atoms with E-state index in [4.69, 9.17) is 4.74 Å². The van der Waals surface area contributed by atoms with Crippen LogP contribution in [0.25, 0.3) is 22.0 Å². The topological polar surface area (TPSA) is 118 Å². The minimum absolute atomic E-state index is 0.0459. The molecule has 1 amide bonds. The highest BCUT2D eigenvalue weighted by atomic mass is 16.6. The number of hydrazine groups is 1. The zero-order valence-electron chi connectivity index (χ0n) is 25.0. The standard InChI is InChI=1S/C33H36N4O6/c1-21(31-27-12-8-6-10-25(27)26-11-7-9-13-28(26)31)36(34(5)32(39)40)20-24-19-22-18-23(37(41)42)14-15-29(22)35(24)17-16-30(38)43-33(2,3)4/h6-15,18-19,21,31H,16-17,20H2,1-5H3,(H,39,40). The number of carbonyl (C=O) groups excluding carboxylic acids is 1. The molecule has 224 valence electrons. The van der Waals surface area contributed by atoms with Crippen LogP contribution in [0.15, 0.2) is 72.8 Å². The number of nitrogens with zero attached hydrogens (tertiary/aromatic N) is 4. The van der Waals surface area contributed by atoms with Crippen LogP contribution in [0, 0.1) is 10.1 Å². The van der Waals surface area contributed by atoms with Crippen molar-refractivity contribution in [2.45, 2.75) is 64.8 Å². The molecule has 0 spiro atoms. The zero-order valence-corrected chi connectivity index (χ0v) is 25.0. The molecule has 0 bridgehead atoms. The smallest absolute Gasteiger partial charge is 0.421 e. The highest BCUT2D eigenvalue weighted by molar-refractivity contribution is 5.84. The third-order valence-corrected chi connectivity index (χ3v) is 7.96. The fraction of sp³-hybridized carbons (Fsp3) is 0.333. The average Bonchev–Trinajstić information content (AvgIpc) is 3.47. The lowest BCUT2D eigenvalue weighted by Gasteiger charge is -2.38. The van der Waals surface area contributed by atoms with Crippen LogP contribution in [0.2, 0.25) is 0 Å². The third kappa shape index (κ3) is 5.96. The molecule has 4 aromatic rings. The molecule has 43 heavy (non-hydrogen) atoms. The van der Waals surface area contributed by atoms with E-state index >= 15 is 0 Å². The van der Waals surface area contributed by atoms with E-state index in [2.05, 4.69) is 24.3 Å². The van der Waals surface area contributed by atoms with E-state index in [0.29, 0.717) is 10.9 Å². The first kappa shape index (κ1) is 29.8. The molecule has 0 saturated heterocycles. The first-order valence-electron chi connectivity index (χ1n) is 14.3. The van der Waals surface area contributed by atoms with Crippen molar-refractivity contribution in [3.8, 4) is 11.1 Å². The molecule has 1 atom stereocenters. The van der Waals surface area contributed by atoms with Crippen LogP contribution >= 0.6 is 0 Å². The summed E-state index contributed by atoms with van der Waals surface area (Å²) in [5, 5.41) is 25.3. The molecule has 1 unspecified atom stereocenters. The van der Waals surface area contributed by atoms with Crippen LogP contribution < -0.4 is 0 Å². The number of nitro groups is 1. The average molecular weight is 585 g/mol. The molecule has 10 heteroatoms. The monoisotopic (exact) mass is 584 g/mol. The number of ether oxygens (including phenoxy) is 1. The van der Waals surface area contributed by atoms with Crippen molar-refractivity contribution in [2.24, 2.45) is 0 Å². The molecule has 0 aliphatic heterocycles. The Morgan fingerprint density at radius 1 is 1.02 bits per heavy atom. The molecule has 10 nitrogen and oxygen atoms in total. The largest absolute Gasteiger partial charge is 0.464 e. The lowest BCUT2D eigenvalue weighted by atomic mass is 9.90. The molecule has 0 saturated carbocycles. The van der Waals surface area contributed by atoms with Gasteiger partial charge in [-0.05, 0) is 62.1 Å². The van der Waals surface area contributed by atoms with Gasteiger partial charge in [0.1, 0.15) is 5.60 Å². The van der Waals surface area contributed by atoms with Crippen molar-refractivity contribution in [2.75, 3.05) is 7.05 Å². The first-order chi connectivity index (χ1) is 20.4. The van der Waals surface area contributed by atoms with Crippen molar-refractivity contribution in [3.05, 3.63) is 99.7 Å². The summed E-state index contributed by atoms with van der Waals surface area (Å²) in [7, 11) is 1.52. The quantitative estimate of drug-likeness (QED) is 0.130. The molecule has 3 aromatic carbocycles. The molecular formula is C33H36N4O6. The van der Waals surface area contributed by atoms with Crippen molar-refractivity contribution in [3.63, 3.8) is 0 Å². The number of hydrogen-bond donors (Lipinski definition) is 1. The van der Waals surface area contributed by atoms with Gasteiger partial charge in [-0.1, -0.05) is 48.5 Å². The van der Waals surface area contributed by atoms with E-state index in [9.17, 15) is 24.8 Å². The number of aryl methyl sites for hydroxylation is 1. The minimum Gasteiger partial charge on any atom is -0.464 e. The second-order valence-corrected chi connectivity index (χ2v) is 11.9. The summed E-state index contributed by atoms with van der Waals surface area (Å²) in [6.45, 7) is 7.88. The number of carboxylic acid groups (broad SMARTS) is 1. The maximum atomic E-state index is 12.7. The van der Waals surface area contributed by atoms with Crippen LogP contribution in [0.1, 0.15) is 56.9 Å². The lowest BCUT2D eigenvalue weighted by molar-refractivity contribution is -0.384. The van der Waals surface area contributed by atoms with Crippen molar-refractivity contribution >= 4 is 28.7 Å². The van der Waals surface area contributed by atoms with E-state index in [0.717, 1.165) is 27.9 Å². The number of nitro benzene ring substituents is 1. The van der Waals surface area contributed by atoms with Crippen LogP contribution in [0.3, 0.4) is 0 Å². The van der Waals surface area contributed by atoms with Gasteiger partial charge in [-0.3, -0.25) is 14.9 Å². The molecule has 0 fully saturated rings. The Balaban J connectivity index is 1.56. The Morgan fingerprint density at radius 2 is 1.63 bits per heavy atom. The molecule has 1 aromatic heterocycles. The van der Waals surface area contributed by atoms with Crippen molar-refractivity contribution in [1.29, 1.82) is 0 Å². The molecule has 5 rings (SSSR count). The summed E-state index contributed by atoms with van der Waals surface area (Å²) in [4.78, 5) is 36.1. The predicted octanol–water partition coefficient (Wildman–Crippen LogP) is 6.81. The molecule has 1 N–H and O–H groups in total. The number of esters is 1. The van der Waals surface area contributed by atoms with Gasteiger partial charge in [0.2, 0.25) is 0 Å². The Bertz CT molecular complexity index is 1660. The summed E-state index contributed by atoms with van der Waals surface area (Å²) in [6, 6.07) is 22.5. The number of rotatable bonds is 9. The van der Waals surface area contributed by atoms with Gasteiger partial charge in [0.05, 0.1) is 17.9 Å². The number of amides is 1. The highest BCUT2D eigenvalue weighted by Gasteiger charge is 2.37. The van der Waals surface area contributed by atoms with Gasteiger partial charge in [-0.15, -0.1) is 0 Å². The van der Waals surface area contributed by atoms with Gasteiger partial charge in [-0.2, -0.15) is 0 Å². The minimum atomic E-state index is -1.11. The fourth-order valence-electron chi connectivity index (χ4n) is 6.11. The maximum absolute atomic E-state index is 12.7. The van der Waals surface area contributed by atoms with Gasteiger partial charge in [0.25, 0.3) is 5.69 Å². The zero-order chi connectivity index (χ0) is 31.1. The van der Waals surface area contributed by atoms with Gasteiger partial charge >= 0.3 is 12.1 Å². The summed E-state index contributed by atoms with van der Waals surface area (Å²) >= 11 is 0. The highest BCUT2D eigenvalue weighted by Crippen LogP contribution is 2.47. The third-order valence-electron chi connectivity index (χ3n) is 7.96. The first-order valence-corrected chi connectivity index (χ1v) is 14.3. The molecule has 0 radical (unpaired) electrons. The van der Waals surface area contributed by atoms with Crippen molar-refractivity contribution < 1.29 is 24.4 Å². The van der Waals surface area contributed by atoms with Gasteiger partial charge < -0.3 is 14.4 Å². The van der Waals surface area contributed by atoms with Crippen LogP contribution in [-0.2, 0) is 22.6 Å². The lowest BCUT2D eigenvalue weighted by Crippen LogP contribution is -2.49. The summed E-state index contributed by atoms with van der Waals surface area (Å²) in [5.41, 5.74) is 5.27. The van der Waals surface area contributed by atoms with E-state index in [1.807, 2.05) is 41.8 Å². The molecule has 1 heterocycles. The predicted molar refractivity (Wildman–Crippen MR) is 164 cm³/mol. The van der Waals surface area contributed by atoms with E-state index < -0.39 is 16.6 Å². The van der Waals surface area contributed by atoms with Crippen molar-refractivity contribution in [1.82, 2.24) is 14.6 Å². The number of non-ortho nitro benzene ring substituents is 1. The number of aromatic nitrogens is 1. The Hall–Kier alpha value is -4.70. The summed E-state index contributed by atoms with van der Waals surface area (Å²) < 4.78 is 7.45. The summed E-state index contributed by atoms with van der Waals surface area (Å²) in [5.74, 6) is -0.468.